The predicted octanol–water partition coefficient (Wildman–Crippen LogP) is 2.87. The summed E-state index contributed by atoms with van der Waals surface area (Å²) >= 11 is 0. The minimum absolute atomic E-state index is 0.198. The molecule has 0 bridgehead atoms. The van der Waals surface area contributed by atoms with Crippen LogP contribution in [0.4, 0.5) is 4.39 Å². The summed E-state index contributed by atoms with van der Waals surface area (Å²) < 4.78 is 23.6. The minimum Gasteiger partial charge on any atom is -0.493 e. The van der Waals surface area contributed by atoms with Gasteiger partial charge in [0.05, 0.1) is 13.7 Å². The van der Waals surface area contributed by atoms with Crippen LogP contribution in [0, 0.1) is 11.7 Å². The first kappa shape index (κ1) is 10.8. The lowest BCUT2D eigenvalue weighted by atomic mass is 10.2. The van der Waals surface area contributed by atoms with Crippen molar-refractivity contribution in [2.75, 3.05) is 13.7 Å². The predicted molar refractivity (Wildman–Crippen MR) is 53.3 cm³/mol. The Morgan fingerprint density at radius 2 is 2.07 bits per heavy atom. The number of hydrogen-bond donors (Lipinski definition) is 0. The van der Waals surface area contributed by atoms with Gasteiger partial charge in [0.25, 0.3) is 0 Å². The molecule has 2 nitrogen and oxygen atoms in total. The molecule has 1 aromatic rings. The van der Waals surface area contributed by atoms with Crippen molar-refractivity contribution in [3.63, 3.8) is 0 Å². The van der Waals surface area contributed by atoms with Crippen molar-refractivity contribution in [1.82, 2.24) is 0 Å². The molecule has 0 atom stereocenters. The van der Waals surface area contributed by atoms with Crippen LogP contribution in [0.25, 0.3) is 0 Å². The second-order valence-corrected chi connectivity index (χ2v) is 3.48. The van der Waals surface area contributed by atoms with Crippen molar-refractivity contribution in [2.24, 2.45) is 5.92 Å². The number of halogens is 1. The molecular formula is C11H15FO2. The zero-order valence-corrected chi connectivity index (χ0v) is 8.71. The number of methoxy groups -OCH3 is 1. The van der Waals surface area contributed by atoms with E-state index in [-0.39, 0.29) is 11.6 Å². The summed E-state index contributed by atoms with van der Waals surface area (Å²) in [6.07, 6.45) is 0. The Kier molecular flexibility index (Phi) is 3.74. The van der Waals surface area contributed by atoms with Crippen molar-refractivity contribution in [3.05, 3.63) is 24.0 Å². The lowest BCUT2D eigenvalue weighted by Gasteiger charge is -2.12. The molecule has 0 aliphatic carbocycles. The van der Waals surface area contributed by atoms with Crippen LogP contribution in [0.1, 0.15) is 13.8 Å². The molecule has 1 rings (SSSR count). The van der Waals surface area contributed by atoms with E-state index in [0.717, 1.165) is 0 Å². The lowest BCUT2D eigenvalue weighted by Crippen LogP contribution is -2.06. The Balaban J connectivity index is 2.82. The monoisotopic (exact) mass is 198 g/mol. The SMILES string of the molecule is COc1cccc(F)c1OCC(C)C. The van der Waals surface area contributed by atoms with E-state index in [1.165, 1.54) is 13.2 Å². The molecule has 0 amide bonds. The highest BCUT2D eigenvalue weighted by atomic mass is 19.1. The van der Waals surface area contributed by atoms with E-state index in [1.54, 1.807) is 12.1 Å². The largest absolute Gasteiger partial charge is 0.493 e. The van der Waals surface area contributed by atoms with Crippen molar-refractivity contribution in [1.29, 1.82) is 0 Å². The van der Waals surface area contributed by atoms with E-state index in [9.17, 15) is 4.39 Å². The van der Waals surface area contributed by atoms with Crippen molar-refractivity contribution in [2.45, 2.75) is 13.8 Å². The molecule has 0 spiro atoms. The van der Waals surface area contributed by atoms with Gasteiger partial charge in [-0.25, -0.2) is 4.39 Å². The highest BCUT2D eigenvalue weighted by molar-refractivity contribution is 5.40. The van der Waals surface area contributed by atoms with Gasteiger partial charge in [0.15, 0.2) is 17.3 Å². The number of benzene rings is 1. The molecule has 14 heavy (non-hydrogen) atoms. The Labute approximate surface area is 83.6 Å². The number of ether oxygens (including phenoxy) is 2. The molecule has 0 aliphatic rings. The number of hydrogen-bond acceptors (Lipinski definition) is 2. The fourth-order valence-electron chi connectivity index (χ4n) is 1.04. The van der Waals surface area contributed by atoms with Crippen molar-refractivity contribution in [3.8, 4) is 11.5 Å². The van der Waals surface area contributed by atoms with Crippen LogP contribution in [0.5, 0.6) is 11.5 Å². The highest BCUT2D eigenvalue weighted by Gasteiger charge is 2.10. The molecule has 0 unspecified atom stereocenters. The molecular weight excluding hydrogens is 183 g/mol. The number of rotatable bonds is 4. The zero-order chi connectivity index (χ0) is 10.6. The Bertz CT molecular complexity index is 297. The molecule has 0 saturated carbocycles. The van der Waals surface area contributed by atoms with Gasteiger partial charge in [0.2, 0.25) is 0 Å². The summed E-state index contributed by atoms with van der Waals surface area (Å²) in [5, 5.41) is 0. The first-order valence-corrected chi connectivity index (χ1v) is 4.60. The molecule has 0 heterocycles. The summed E-state index contributed by atoms with van der Waals surface area (Å²) in [6, 6.07) is 4.63. The second-order valence-electron chi connectivity index (χ2n) is 3.48. The third kappa shape index (κ3) is 2.62. The summed E-state index contributed by atoms with van der Waals surface area (Å²) in [7, 11) is 1.50. The topological polar surface area (TPSA) is 18.5 Å². The van der Waals surface area contributed by atoms with E-state index in [0.29, 0.717) is 18.3 Å². The maximum Gasteiger partial charge on any atom is 0.197 e. The molecule has 0 N–H and O–H groups in total. The molecule has 0 aliphatic heterocycles. The molecule has 0 aromatic heterocycles. The standard InChI is InChI=1S/C11H15FO2/c1-8(2)7-14-11-9(12)5-4-6-10(11)13-3/h4-6,8H,7H2,1-3H3. The van der Waals surface area contributed by atoms with E-state index >= 15 is 0 Å². The first-order chi connectivity index (χ1) is 6.65. The molecule has 3 heteroatoms. The van der Waals surface area contributed by atoms with Crippen LogP contribution in [0.15, 0.2) is 18.2 Å². The minimum atomic E-state index is -0.384. The van der Waals surface area contributed by atoms with Crippen molar-refractivity contribution < 1.29 is 13.9 Å². The Morgan fingerprint density at radius 1 is 1.36 bits per heavy atom. The average Bonchev–Trinajstić information content (AvgIpc) is 2.15. The van der Waals surface area contributed by atoms with Gasteiger partial charge in [-0.3, -0.25) is 0 Å². The van der Waals surface area contributed by atoms with Gasteiger partial charge in [-0.15, -0.1) is 0 Å². The normalized spacial score (nSPS) is 10.4. The van der Waals surface area contributed by atoms with Crippen LogP contribution in [-0.4, -0.2) is 13.7 Å². The van der Waals surface area contributed by atoms with Gasteiger partial charge in [-0.05, 0) is 18.1 Å². The summed E-state index contributed by atoms with van der Waals surface area (Å²) in [5.41, 5.74) is 0. The molecule has 1 aromatic carbocycles. The highest BCUT2D eigenvalue weighted by Crippen LogP contribution is 2.29. The molecule has 0 fully saturated rings. The quantitative estimate of drug-likeness (QED) is 0.740. The summed E-state index contributed by atoms with van der Waals surface area (Å²) in [6.45, 7) is 4.50. The van der Waals surface area contributed by atoms with Gasteiger partial charge < -0.3 is 9.47 Å². The maximum atomic E-state index is 13.3. The van der Waals surface area contributed by atoms with Crippen LogP contribution in [0.3, 0.4) is 0 Å². The van der Waals surface area contributed by atoms with Gasteiger partial charge in [-0.1, -0.05) is 19.9 Å². The van der Waals surface area contributed by atoms with Crippen LogP contribution >= 0.6 is 0 Å². The summed E-state index contributed by atoms with van der Waals surface area (Å²) in [5.74, 6) is 0.610. The number of para-hydroxylation sites is 1. The Hall–Kier alpha value is -1.25. The van der Waals surface area contributed by atoms with Gasteiger partial charge >= 0.3 is 0 Å². The van der Waals surface area contributed by atoms with E-state index in [4.69, 9.17) is 9.47 Å². The van der Waals surface area contributed by atoms with Gasteiger partial charge in [0.1, 0.15) is 0 Å². The van der Waals surface area contributed by atoms with E-state index in [2.05, 4.69) is 0 Å². The van der Waals surface area contributed by atoms with E-state index < -0.39 is 0 Å². The first-order valence-electron chi connectivity index (χ1n) is 4.60. The van der Waals surface area contributed by atoms with Crippen LogP contribution in [-0.2, 0) is 0 Å². The zero-order valence-electron chi connectivity index (χ0n) is 8.71. The fourth-order valence-corrected chi connectivity index (χ4v) is 1.04. The molecule has 0 radical (unpaired) electrons. The van der Waals surface area contributed by atoms with Gasteiger partial charge in [-0.2, -0.15) is 0 Å². The smallest absolute Gasteiger partial charge is 0.197 e. The van der Waals surface area contributed by atoms with Gasteiger partial charge in [0, 0.05) is 0 Å². The lowest BCUT2D eigenvalue weighted by molar-refractivity contribution is 0.245. The fraction of sp³-hybridized carbons (Fsp3) is 0.455. The molecule has 0 saturated heterocycles. The molecule has 78 valence electrons. The van der Waals surface area contributed by atoms with E-state index in [1.807, 2.05) is 13.8 Å². The van der Waals surface area contributed by atoms with Crippen LogP contribution < -0.4 is 9.47 Å². The van der Waals surface area contributed by atoms with Crippen molar-refractivity contribution >= 4 is 0 Å². The maximum absolute atomic E-state index is 13.3. The average molecular weight is 198 g/mol. The third-order valence-electron chi connectivity index (χ3n) is 1.71. The summed E-state index contributed by atoms with van der Waals surface area (Å²) in [4.78, 5) is 0. The second kappa shape index (κ2) is 4.84. The third-order valence-corrected chi connectivity index (χ3v) is 1.71. The van der Waals surface area contributed by atoms with Crippen LogP contribution in [0.2, 0.25) is 0 Å². The Morgan fingerprint density at radius 3 is 2.64 bits per heavy atom.